The predicted molar refractivity (Wildman–Crippen MR) is 91.1 cm³/mol. The number of halogens is 1. The Balaban J connectivity index is 1.87. The van der Waals surface area contributed by atoms with Crippen molar-refractivity contribution in [2.45, 2.75) is 32.8 Å². The Kier molecular flexibility index (Phi) is 5.32. The molecular formula is C16H24BrN3O2. The summed E-state index contributed by atoms with van der Waals surface area (Å²) in [5.74, 6) is 1.38. The van der Waals surface area contributed by atoms with Crippen LogP contribution in [0.3, 0.4) is 0 Å². The molecule has 1 aliphatic rings. The van der Waals surface area contributed by atoms with Crippen molar-refractivity contribution in [1.82, 2.24) is 9.88 Å². The van der Waals surface area contributed by atoms with Gasteiger partial charge in [0, 0.05) is 26.7 Å². The number of anilines is 1. The number of carbonyl (C=O) groups is 1. The van der Waals surface area contributed by atoms with E-state index >= 15 is 0 Å². The fourth-order valence-electron chi connectivity index (χ4n) is 2.56. The summed E-state index contributed by atoms with van der Waals surface area (Å²) in [5, 5.41) is 0. The van der Waals surface area contributed by atoms with Crippen molar-refractivity contribution in [2.24, 2.45) is 5.92 Å². The zero-order valence-electron chi connectivity index (χ0n) is 13.7. The summed E-state index contributed by atoms with van der Waals surface area (Å²) in [6, 6.07) is 5.88. The number of carbonyl (C=O) groups excluding carboxylic acids is 1. The first kappa shape index (κ1) is 17.1. The van der Waals surface area contributed by atoms with Gasteiger partial charge in [0.2, 0.25) is 0 Å². The lowest BCUT2D eigenvalue weighted by Crippen LogP contribution is -2.36. The van der Waals surface area contributed by atoms with E-state index in [9.17, 15) is 4.79 Å². The third kappa shape index (κ3) is 4.87. The third-order valence-corrected chi connectivity index (χ3v) is 4.00. The molecule has 2 heterocycles. The molecule has 122 valence electrons. The van der Waals surface area contributed by atoms with Gasteiger partial charge in [-0.1, -0.05) is 6.07 Å². The molecule has 0 aromatic carbocycles. The van der Waals surface area contributed by atoms with Gasteiger partial charge >= 0.3 is 6.09 Å². The Bertz CT molecular complexity index is 530. The lowest BCUT2D eigenvalue weighted by molar-refractivity contribution is 0.0288. The van der Waals surface area contributed by atoms with E-state index < -0.39 is 5.60 Å². The van der Waals surface area contributed by atoms with Gasteiger partial charge in [-0.05, 0) is 61.2 Å². The maximum Gasteiger partial charge on any atom is 0.410 e. The number of aromatic nitrogens is 1. The molecule has 5 nitrogen and oxygen atoms in total. The molecule has 0 unspecified atom stereocenters. The first-order valence-electron chi connectivity index (χ1n) is 7.56. The van der Waals surface area contributed by atoms with Gasteiger partial charge in [-0.15, -0.1) is 0 Å². The highest BCUT2D eigenvalue weighted by Gasteiger charge is 2.30. The normalized spacial score (nSPS) is 18.4. The van der Waals surface area contributed by atoms with Crippen LogP contribution in [0, 0.1) is 5.92 Å². The van der Waals surface area contributed by atoms with Crippen LogP contribution in [0.15, 0.2) is 22.8 Å². The minimum atomic E-state index is -0.438. The molecule has 1 aromatic heterocycles. The van der Waals surface area contributed by atoms with Crippen LogP contribution in [-0.4, -0.2) is 48.3 Å². The number of ether oxygens (including phenoxy) is 1. The number of hydrogen-bond donors (Lipinski definition) is 0. The van der Waals surface area contributed by atoms with E-state index in [-0.39, 0.29) is 6.09 Å². The largest absolute Gasteiger partial charge is 0.444 e. The molecular weight excluding hydrogens is 346 g/mol. The van der Waals surface area contributed by atoms with Crippen molar-refractivity contribution >= 4 is 27.8 Å². The quantitative estimate of drug-likeness (QED) is 0.764. The van der Waals surface area contributed by atoms with Crippen molar-refractivity contribution in [3.63, 3.8) is 0 Å². The van der Waals surface area contributed by atoms with E-state index in [0.29, 0.717) is 5.92 Å². The van der Waals surface area contributed by atoms with Crippen LogP contribution in [0.2, 0.25) is 0 Å². The molecule has 6 heteroatoms. The highest BCUT2D eigenvalue weighted by molar-refractivity contribution is 9.10. The van der Waals surface area contributed by atoms with Gasteiger partial charge in [0.1, 0.15) is 16.0 Å². The van der Waals surface area contributed by atoms with E-state index in [0.717, 1.165) is 36.5 Å². The van der Waals surface area contributed by atoms with Crippen LogP contribution >= 0.6 is 15.9 Å². The van der Waals surface area contributed by atoms with E-state index in [4.69, 9.17) is 4.74 Å². The molecule has 22 heavy (non-hydrogen) atoms. The van der Waals surface area contributed by atoms with Gasteiger partial charge < -0.3 is 14.5 Å². The van der Waals surface area contributed by atoms with E-state index in [1.54, 1.807) is 4.90 Å². The van der Waals surface area contributed by atoms with E-state index in [1.807, 2.05) is 46.0 Å². The number of amides is 1. The molecule has 1 fully saturated rings. The number of hydrogen-bond acceptors (Lipinski definition) is 4. The zero-order chi connectivity index (χ0) is 16.3. The van der Waals surface area contributed by atoms with Crippen LogP contribution in [-0.2, 0) is 4.74 Å². The van der Waals surface area contributed by atoms with E-state index in [1.165, 1.54) is 0 Å². The van der Waals surface area contributed by atoms with Gasteiger partial charge in [0.05, 0.1) is 0 Å². The second-order valence-electron chi connectivity index (χ2n) is 6.78. The molecule has 1 aliphatic heterocycles. The topological polar surface area (TPSA) is 45.7 Å². The molecule has 1 saturated heterocycles. The van der Waals surface area contributed by atoms with Crippen LogP contribution in [0.5, 0.6) is 0 Å². The summed E-state index contributed by atoms with van der Waals surface area (Å²) < 4.78 is 6.26. The van der Waals surface area contributed by atoms with Gasteiger partial charge in [-0.2, -0.15) is 0 Å². The summed E-state index contributed by atoms with van der Waals surface area (Å²) in [6.45, 7) is 8.07. The first-order chi connectivity index (χ1) is 10.2. The molecule has 0 aliphatic carbocycles. The summed E-state index contributed by atoms with van der Waals surface area (Å²) in [7, 11) is 2.03. The average molecular weight is 370 g/mol. The molecule has 0 N–H and O–H groups in total. The zero-order valence-corrected chi connectivity index (χ0v) is 15.3. The molecule has 0 saturated carbocycles. The van der Waals surface area contributed by atoms with Crippen molar-refractivity contribution in [3.05, 3.63) is 22.8 Å². The highest BCUT2D eigenvalue weighted by Crippen LogP contribution is 2.22. The smallest absolute Gasteiger partial charge is 0.410 e. The van der Waals surface area contributed by atoms with Crippen molar-refractivity contribution in [3.8, 4) is 0 Å². The lowest BCUT2D eigenvalue weighted by atomic mass is 10.1. The number of nitrogens with zero attached hydrogens (tertiary/aromatic N) is 3. The summed E-state index contributed by atoms with van der Waals surface area (Å²) >= 11 is 3.39. The molecule has 2 rings (SSSR count). The average Bonchev–Trinajstić information content (AvgIpc) is 2.85. The van der Waals surface area contributed by atoms with Gasteiger partial charge in [0.25, 0.3) is 0 Å². The van der Waals surface area contributed by atoms with Gasteiger partial charge in [-0.25, -0.2) is 9.78 Å². The molecule has 0 radical (unpaired) electrons. The molecule has 0 bridgehead atoms. The summed E-state index contributed by atoms with van der Waals surface area (Å²) in [6.07, 6.45) is 0.788. The fourth-order valence-corrected chi connectivity index (χ4v) is 2.90. The van der Waals surface area contributed by atoms with Crippen LogP contribution < -0.4 is 4.90 Å². The Morgan fingerprint density at radius 1 is 1.50 bits per heavy atom. The van der Waals surface area contributed by atoms with E-state index in [2.05, 4.69) is 25.8 Å². The Morgan fingerprint density at radius 2 is 2.23 bits per heavy atom. The van der Waals surface area contributed by atoms with Crippen LogP contribution in [0.4, 0.5) is 10.6 Å². The Labute approximate surface area is 140 Å². The molecule has 1 aromatic rings. The van der Waals surface area contributed by atoms with Crippen LogP contribution in [0.25, 0.3) is 0 Å². The number of pyridine rings is 1. The number of rotatable bonds is 3. The SMILES string of the molecule is CN(C[C@H]1CCN(C(=O)OC(C)(C)C)C1)c1cccc(Br)n1. The van der Waals surface area contributed by atoms with Crippen molar-refractivity contribution < 1.29 is 9.53 Å². The monoisotopic (exact) mass is 369 g/mol. The third-order valence-electron chi connectivity index (χ3n) is 3.56. The lowest BCUT2D eigenvalue weighted by Gasteiger charge is -2.25. The summed E-state index contributed by atoms with van der Waals surface area (Å²) in [4.78, 5) is 20.5. The minimum Gasteiger partial charge on any atom is -0.444 e. The second kappa shape index (κ2) is 6.86. The standard InChI is InChI=1S/C16H24BrN3O2/c1-16(2,3)22-15(21)20-9-8-12(11-20)10-19(4)14-7-5-6-13(17)18-14/h5-7,12H,8-11H2,1-4H3/t12-/m1/s1. The first-order valence-corrected chi connectivity index (χ1v) is 8.35. The Morgan fingerprint density at radius 3 is 2.86 bits per heavy atom. The van der Waals surface area contributed by atoms with Crippen molar-refractivity contribution in [1.29, 1.82) is 0 Å². The fraction of sp³-hybridized carbons (Fsp3) is 0.625. The molecule has 0 spiro atoms. The Hall–Kier alpha value is -1.30. The number of likely N-dealkylation sites (tertiary alicyclic amines) is 1. The maximum absolute atomic E-state index is 12.1. The predicted octanol–water partition coefficient (Wildman–Crippen LogP) is 3.54. The van der Waals surface area contributed by atoms with Crippen LogP contribution in [0.1, 0.15) is 27.2 Å². The molecule has 1 atom stereocenters. The highest BCUT2D eigenvalue weighted by atomic mass is 79.9. The van der Waals surface area contributed by atoms with Crippen molar-refractivity contribution in [2.75, 3.05) is 31.6 Å². The van der Waals surface area contributed by atoms with Gasteiger partial charge in [0.15, 0.2) is 0 Å². The summed E-state index contributed by atoms with van der Waals surface area (Å²) in [5.41, 5.74) is -0.438. The maximum atomic E-state index is 12.1. The minimum absolute atomic E-state index is 0.210. The van der Waals surface area contributed by atoms with Gasteiger partial charge in [-0.3, -0.25) is 0 Å². The second-order valence-corrected chi connectivity index (χ2v) is 7.59. The molecule has 1 amide bonds.